The van der Waals surface area contributed by atoms with E-state index in [1.165, 1.54) is 45.1 Å². The van der Waals surface area contributed by atoms with Gasteiger partial charge in [0.15, 0.2) is 0 Å². The number of ether oxygens (including phenoxy) is 1. The van der Waals surface area contributed by atoms with Gasteiger partial charge in [0.2, 0.25) is 5.91 Å². The predicted octanol–water partition coefficient (Wildman–Crippen LogP) is 2.82. The molecule has 0 unspecified atom stereocenters. The van der Waals surface area contributed by atoms with Crippen molar-refractivity contribution in [2.45, 2.75) is 58.3 Å². The first kappa shape index (κ1) is 18.4. The molecule has 1 N–H and O–H groups in total. The van der Waals surface area contributed by atoms with E-state index in [4.69, 9.17) is 4.74 Å². The fourth-order valence-corrected chi connectivity index (χ4v) is 2.95. The van der Waals surface area contributed by atoms with E-state index in [2.05, 4.69) is 17.1 Å². The number of likely N-dealkylation sites (tertiary alicyclic amines) is 1. The Bertz CT molecular complexity index is 266. The topological polar surface area (TPSA) is 41.6 Å². The second-order valence-corrected chi connectivity index (χ2v) is 6.29. The summed E-state index contributed by atoms with van der Waals surface area (Å²) in [6, 6.07) is 0. The van der Waals surface area contributed by atoms with Gasteiger partial charge >= 0.3 is 0 Å². The van der Waals surface area contributed by atoms with E-state index in [0.29, 0.717) is 5.92 Å². The van der Waals surface area contributed by atoms with Gasteiger partial charge in [0.1, 0.15) is 0 Å². The Morgan fingerprint density at radius 3 is 2.48 bits per heavy atom. The lowest BCUT2D eigenvalue weighted by Crippen LogP contribution is -2.48. The van der Waals surface area contributed by atoms with Gasteiger partial charge in [0.25, 0.3) is 0 Å². The molecule has 0 aromatic rings. The van der Waals surface area contributed by atoms with Crippen LogP contribution < -0.4 is 5.32 Å². The van der Waals surface area contributed by atoms with Crippen LogP contribution in [0, 0.1) is 5.92 Å². The highest BCUT2D eigenvalue weighted by Crippen LogP contribution is 2.18. The first-order valence-corrected chi connectivity index (χ1v) is 8.74. The third-order valence-electron chi connectivity index (χ3n) is 4.14. The highest BCUT2D eigenvalue weighted by molar-refractivity contribution is 5.76. The molecule has 21 heavy (non-hydrogen) atoms. The number of hydrogen-bond donors (Lipinski definition) is 1. The number of carbonyl (C=O) groups excluding carboxylic acids is 1. The minimum atomic E-state index is 0.247. The largest absolute Gasteiger partial charge is 0.385 e. The van der Waals surface area contributed by atoms with Crippen LogP contribution in [-0.2, 0) is 9.53 Å². The highest BCUT2D eigenvalue weighted by atomic mass is 16.5. The van der Waals surface area contributed by atoms with Gasteiger partial charge in [0.05, 0.1) is 0 Å². The quantitative estimate of drug-likeness (QED) is 0.532. The fourth-order valence-electron chi connectivity index (χ4n) is 2.95. The van der Waals surface area contributed by atoms with Crippen molar-refractivity contribution in [2.75, 3.05) is 39.9 Å². The molecule has 0 aliphatic carbocycles. The monoisotopic (exact) mass is 298 g/mol. The van der Waals surface area contributed by atoms with Crippen molar-refractivity contribution < 1.29 is 9.53 Å². The number of carbonyl (C=O) groups is 1. The number of methoxy groups -OCH3 is 1. The SMILES string of the molecule is CCCN1CC(CC(=O)NCCCCCCCCOC)C1. The normalized spacial score (nSPS) is 15.9. The number of nitrogens with zero attached hydrogens (tertiary/aromatic N) is 1. The minimum absolute atomic E-state index is 0.247. The standard InChI is InChI=1S/C17H34N2O2/c1-3-11-19-14-16(15-19)13-17(20)18-10-8-6-4-5-7-9-12-21-2/h16H,3-15H2,1-2H3,(H,18,20). The van der Waals surface area contributed by atoms with Crippen molar-refractivity contribution in [2.24, 2.45) is 5.92 Å². The maximum absolute atomic E-state index is 11.8. The second-order valence-electron chi connectivity index (χ2n) is 6.29. The Morgan fingerprint density at radius 1 is 1.14 bits per heavy atom. The number of amides is 1. The van der Waals surface area contributed by atoms with Crippen LogP contribution in [0.25, 0.3) is 0 Å². The van der Waals surface area contributed by atoms with Gasteiger partial charge in [0, 0.05) is 39.8 Å². The summed E-state index contributed by atoms with van der Waals surface area (Å²) in [5.41, 5.74) is 0. The van der Waals surface area contributed by atoms with E-state index in [1.54, 1.807) is 7.11 Å². The molecule has 1 saturated heterocycles. The van der Waals surface area contributed by atoms with Gasteiger partial charge in [-0.05, 0) is 31.7 Å². The summed E-state index contributed by atoms with van der Waals surface area (Å²) in [4.78, 5) is 14.2. The molecule has 1 rings (SSSR count). The molecule has 0 spiro atoms. The van der Waals surface area contributed by atoms with Gasteiger partial charge in [-0.1, -0.05) is 32.6 Å². The third-order valence-corrected chi connectivity index (χ3v) is 4.14. The summed E-state index contributed by atoms with van der Waals surface area (Å²) in [6.45, 7) is 7.35. The van der Waals surface area contributed by atoms with Gasteiger partial charge in [-0.15, -0.1) is 0 Å². The Labute approximate surface area is 130 Å². The molecule has 1 aliphatic rings. The average molecular weight is 298 g/mol. The van der Waals surface area contributed by atoms with Crippen LogP contribution in [0.15, 0.2) is 0 Å². The van der Waals surface area contributed by atoms with E-state index in [1.807, 2.05) is 0 Å². The molecule has 0 aromatic heterocycles. The molecule has 0 bridgehead atoms. The maximum atomic E-state index is 11.8. The lowest BCUT2D eigenvalue weighted by molar-refractivity contribution is -0.123. The number of rotatable bonds is 13. The van der Waals surface area contributed by atoms with Crippen molar-refractivity contribution in [1.82, 2.24) is 10.2 Å². The summed E-state index contributed by atoms with van der Waals surface area (Å²) in [5, 5.41) is 3.06. The first-order chi connectivity index (χ1) is 10.3. The summed E-state index contributed by atoms with van der Waals surface area (Å²) in [6.07, 6.45) is 9.26. The highest BCUT2D eigenvalue weighted by Gasteiger charge is 2.27. The number of unbranched alkanes of at least 4 members (excludes halogenated alkanes) is 5. The maximum Gasteiger partial charge on any atom is 0.220 e. The summed E-state index contributed by atoms with van der Waals surface area (Å²) in [5.74, 6) is 0.841. The molecule has 1 fully saturated rings. The van der Waals surface area contributed by atoms with Crippen molar-refractivity contribution in [3.8, 4) is 0 Å². The van der Waals surface area contributed by atoms with Gasteiger partial charge in [-0.2, -0.15) is 0 Å². The molecule has 1 aliphatic heterocycles. The van der Waals surface area contributed by atoms with E-state index in [0.717, 1.165) is 39.1 Å². The Hall–Kier alpha value is -0.610. The van der Waals surface area contributed by atoms with Crippen LogP contribution in [0.4, 0.5) is 0 Å². The van der Waals surface area contributed by atoms with Crippen molar-refractivity contribution in [1.29, 1.82) is 0 Å². The molecule has 0 radical (unpaired) electrons. The van der Waals surface area contributed by atoms with Crippen LogP contribution in [0.3, 0.4) is 0 Å². The van der Waals surface area contributed by atoms with Gasteiger partial charge in [-0.25, -0.2) is 0 Å². The molecule has 0 saturated carbocycles. The predicted molar refractivity (Wildman–Crippen MR) is 87.4 cm³/mol. The van der Waals surface area contributed by atoms with Crippen molar-refractivity contribution in [3.05, 3.63) is 0 Å². The third kappa shape index (κ3) is 9.10. The molecule has 1 amide bonds. The molecule has 4 heteroatoms. The van der Waals surface area contributed by atoms with E-state index in [-0.39, 0.29) is 5.91 Å². The number of nitrogens with one attached hydrogen (secondary N) is 1. The Morgan fingerprint density at radius 2 is 1.81 bits per heavy atom. The van der Waals surface area contributed by atoms with E-state index in [9.17, 15) is 4.79 Å². The molecule has 0 aromatic carbocycles. The van der Waals surface area contributed by atoms with Gasteiger partial charge in [-0.3, -0.25) is 4.79 Å². The minimum Gasteiger partial charge on any atom is -0.385 e. The first-order valence-electron chi connectivity index (χ1n) is 8.74. The zero-order chi connectivity index (χ0) is 15.3. The molecule has 0 atom stereocenters. The zero-order valence-corrected chi connectivity index (χ0v) is 14.0. The van der Waals surface area contributed by atoms with Crippen LogP contribution in [-0.4, -0.2) is 50.7 Å². The van der Waals surface area contributed by atoms with Crippen molar-refractivity contribution in [3.63, 3.8) is 0 Å². The Kier molecular flexibility index (Phi) is 10.5. The molecule has 1 heterocycles. The van der Waals surface area contributed by atoms with E-state index >= 15 is 0 Å². The lowest BCUT2D eigenvalue weighted by atomic mass is 9.96. The Balaban J connectivity index is 1.82. The molecule has 124 valence electrons. The average Bonchev–Trinajstić information content (AvgIpc) is 2.43. The molecular formula is C17H34N2O2. The summed E-state index contributed by atoms with van der Waals surface area (Å²) < 4.78 is 5.03. The lowest BCUT2D eigenvalue weighted by Gasteiger charge is -2.38. The fraction of sp³-hybridized carbons (Fsp3) is 0.941. The summed E-state index contributed by atoms with van der Waals surface area (Å²) in [7, 11) is 1.76. The van der Waals surface area contributed by atoms with Crippen molar-refractivity contribution >= 4 is 5.91 Å². The van der Waals surface area contributed by atoms with Crippen LogP contribution in [0.2, 0.25) is 0 Å². The molecular weight excluding hydrogens is 264 g/mol. The van der Waals surface area contributed by atoms with Gasteiger partial charge < -0.3 is 15.0 Å². The van der Waals surface area contributed by atoms with Crippen LogP contribution in [0.1, 0.15) is 58.3 Å². The van der Waals surface area contributed by atoms with Crippen LogP contribution >= 0.6 is 0 Å². The molecule has 4 nitrogen and oxygen atoms in total. The smallest absolute Gasteiger partial charge is 0.220 e. The second kappa shape index (κ2) is 12.0. The van der Waals surface area contributed by atoms with Crippen LogP contribution in [0.5, 0.6) is 0 Å². The zero-order valence-electron chi connectivity index (χ0n) is 14.0. The number of hydrogen-bond acceptors (Lipinski definition) is 3. The van der Waals surface area contributed by atoms with E-state index < -0.39 is 0 Å². The summed E-state index contributed by atoms with van der Waals surface area (Å²) >= 11 is 0.